The summed E-state index contributed by atoms with van der Waals surface area (Å²) in [5.41, 5.74) is 7.53. The molecule has 104 valence electrons. The summed E-state index contributed by atoms with van der Waals surface area (Å²) < 4.78 is 6.59. The molecule has 0 heterocycles. The Morgan fingerprint density at radius 1 is 1.30 bits per heavy atom. The molecule has 0 saturated carbocycles. The Labute approximate surface area is 130 Å². The van der Waals surface area contributed by atoms with Crippen molar-refractivity contribution in [1.29, 1.82) is 0 Å². The van der Waals surface area contributed by atoms with Crippen LogP contribution in [-0.2, 0) is 6.61 Å². The Bertz CT molecular complexity index is 658. The first kappa shape index (κ1) is 14.9. The highest BCUT2D eigenvalue weighted by Crippen LogP contribution is 2.26. The second-order valence-electron chi connectivity index (χ2n) is 4.34. The quantitative estimate of drug-likeness (QED) is 0.651. The molecule has 0 radical (unpaired) electrons. The number of nitrogen functional groups attached to an aromatic ring is 1. The molecule has 0 amide bonds. The van der Waals surface area contributed by atoms with E-state index in [1.165, 1.54) is 6.92 Å². The summed E-state index contributed by atoms with van der Waals surface area (Å²) in [6.45, 7) is 1.77. The van der Waals surface area contributed by atoms with Crippen LogP contribution in [-0.4, -0.2) is 5.78 Å². The molecule has 20 heavy (non-hydrogen) atoms. The van der Waals surface area contributed by atoms with Crippen LogP contribution >= 0.6 is 27.5 Å². The molecule has 5 heteroatoms. The zero-order chi connectivity index (χ0) is 14.7. The molecule has 0 fully saturated rings. The van der Waals surface area contributed by atoms with Crippen LogP contribution in [0.15, 0.2) is 40.9 Å². The molecule has 2 rings (SSSR count). The first-order chi connectivity index (χ1) is 9.47. The topological polar surface area (TPSA) is 52.3 Å². The van der Waals surface area contributed by atoms with E-state index in [0.29, 0.717) is 22.0 Å². The second kappa shape index (κ2) is 6.29. The van der Waals surface area contributed by atoms with Crippen LogP contribution in [0.4, 0.5) is 5.69 Å². The van der Waals surface area contributed by atoms with Gasteiger partial charge in [-0.3, -0.25) is 4.79 Å². The number of Topliss-reactive ketones (excluding diaryl/α,β-unsaturated/α-hetero) is 1. The van der Waals surface area contributed by atoms with Crippen LogP contribution in [0.25, 0.3) is 0 Å². The number of halogens is 2. The smallest absolute Gasteiger partial charge is 0.163 e. The lowest BCUT2D eigenvalue weighted by Crippen LogP contribution is -2.03. The average Bonchev–Trinajstić information content (AvgIpc) is 2.38. The molecule has 0 aliphatic rings. The lowest BCUT2D eigenvalue weighted by Gasteiger charge is -2.11. The van der Waals surface area contributed by atoms with Crippen molar-refractivity contribution >= 4 is 39.0 Å². The molecule has 0 aromatic heterocycles. The molecular weight excluding hydrogens is 342 g/mol. The minimum absolute atomic E-state index is 0.0887. The van der Waals surface area contributed by atoms with Gasteiger partial charge in [-0.15, -0.1) is 0 Å². The van der Waals surface area contributed by atoms with Crippen molar-refractivity contribution in [2.45, 2.75) is 13.5 Å². The molecule has 0 atom stereocenters. The SMILES string of the molecule is CC(=O)c1cc(N)ccc1OCc1ccc(Br)cc1Cl. The van der Waals surface area contributed by atoms with E-state index in [2.05, 4.69) is 15.9 Å². The highest BCUT2D eigenvalue weighted by Gasteiger charge is 2.10. The summed E-state index contributed by atoms with van der Waals surface area (Å²) in [5.74, 6) is 0.417. The van der Waals surface area contributed by atoms with Crippen molar-refractivity contribution < 1.29 is 9.53 Å². The van der Waals surface area contributed by atoms with Gasteiger partial charge in [-0.25, -0.2) is 0 Å². The van der Waals surface area contributed by atoms with Crippen LogP contribution in [0.5, 0.6) is 5.75 Å². The third kappa shape index (κ3) is 3.52. The van der Waals surface area contributed by atoms with Gasteiger partial charge < -0.3 is 10.5 Å². The van der Waals surface area contributed by atoms with E-state index in [0.717, 1.165) is 10.0 Å². The number of ether oxygens (including phenoxy) is 1. The molecule has 0 unspecified atom stereocenters. The fourth-order valence-corrected chi connectivity index (χ4v) is 2.47. The monoisotopic (exact) mass is 353 g/mol. The number of ketones is 1. The van der Waals surface area contributed by atoms with Gasteiger partial charge in [0.15, 0.2) is 5.78 Å². The number of hydrogen-bond donors (Lipinski definition) is 1. The van der Waals surface area contributed by atoms with E-state index in [4.69, 9.17) is 22.1 Å². The van der Waals surface area contributed by atoms with Crippen molar-refractivity contribution in [2.75, 3.05) is 5.73 Å². The molecule has 0 spiro atoms. The zero-order valence-corrected chi connectivity index (χ0v) is 13.2. The maximum absolute atomic E-state index is 11.6. The van der Waals surface area contributed by atoms with E-state index in [-0.39, 0.29) is 12.4 Å². The lowest BCUT2D eigenvalue weighted by atomic mass is 10.1. The number of benzene rings is 2. The predicted octanol–water partition coefficient (Wildman–Crippen LogP) is 4.47. The largest absolute Gasteiger partial charge is 0.488 e. The Hall–Kier alpha value is -1.52. The number of carbonyl (C=O) groups excluding carboxylic acids is 1. The van der Waals surface area contributed by atoms with Crippen molar-refractivity contribution in [3.8, 4) is 5.75 Å². The predicted molar refractivity (Wildman–Crippen MR) is 84.3 cm³/mol. The van der Waals surface area contributed by atoms with Crippen LogP contribution in [0.2, 0.25) is 5.02 Å². The van der Waals surface area contributed by atoms with Gasteiger partial charge >= 0.3 is 0 Å². The van der Waals surface area contributed by atoms with E-state index in [1.54, 1.807) is 24.3 Å². The van der Waals surface area contributed by atoms with Gasteiger partial charge in [0.05, 0.1) is 5.56 Å². The Morgan fingerprint density at radius 2 is 2.05 bits per heavy atom. The minimum atomic E-state index is -0.0887. The number of carbonyl (C=O) groups is 1. The summed E-state index contributed by atoms with van der Waals surface area (Å²) in [5, 5.41) is 0.610. The van der Waals surface area contributed by atoms with Crippen molar-refractivity contribution in [1.82, 2.24) is 0 Å². The standard InChI is InChI=1S/C15H13BrClNO2/c1-9(19)13-7-12(18)4-5-15(13)20-8-10-2-3-11(16)6-14(10)17/h2-7H,8,18H2,1H3. The van der Waals surface area contributed by atoms with Gasteiger partial charge in [-0.2, -0.15) is 0 Å². The van der Waals surface area contributed by atoms with Gasteiger partial charge in [0.2, 0.25) is 0 Å². The highest BCUT2D eigenvalue weighted by molar-refractivity contribution is 9.10. The molecule has 2 aromatic rings. The first-order valence-corrected chi connectivity index (χ1v) is 7.11. The van der Waals surface area contributed by atoms with Gasteiger partial charge in [-0.05, 0) is 37.3 Å². The van der Waals surface area contributed by atoms with Crippen LogP contribution < -0.4 is 10.5 Å². The summed E-state index contributed by atoms with van der Waals surface area (Å²) >= 11 is 9.47. The van der Waals surface area contributed by atoms with Crippen molar-refractivity contribution in [2.24, 2.45) is 0 Å². The third-order valence-corrected chi connectivity index (χ3v) is 3.63. The minimum Gasteiger partial charge on any atom is -0.488 e. The van der Waals surface area contributed by atoms with E-state index in [9.17, 15) is 4.79 Å². The number of hydrogen-bond acceptors (Lipinski definition) is 3. The van der Waals surface area contributed by atoms with Crippen LogP contribution in [0, 0.1) is 0 Å². The number of nitrogens with two attached hydrogens (primary N) is 1. The van der Waals surface area contributed by atoms with Crippen molar-refractivity contribution in [3.05, 3.63) is 57.0 Å². The molecule has 0 aliphatic carbocycles. The lowest BCUT2D eigenvalue weighted by molar-refractivity contribution is 0.101. The average molecular weight is 355 g/mol. The normalized spacial score (nSPS) is 10.3. The Morgan fingerprint density at radius 3 is 2.70 bits per heavy atom. The molecule has 2 aromatic carbocycles. The number of anilines is 1. The zero-order valence-electron chi connectivity index (χ0n) is 10.8. The summed E-state index contributed by atoms with van der Waals surface area (Å²) in [7, 11) is 0. The molecule has 0 saturated heterocycles. The van der Waals surface area contributed by atoms with E-state index >= 15 is 0 Å². The molecule has 0 bridgehead atoms. The van der Waals surface area contributed by atoms with E-state index in [1.807, 2.05) is 12.1 Å². The van der Waals surface area contributed by atoms with Gasteiger partial charge in [0.25, 0.3) is 0 Å². The van der Waals surface area contributed by atoms with Crippen molar-refractivity contribution in [3.63, 3.8) is 0 Å². The molecular formula is C15H13BrClNO2. The molecule has 3 nitrogen and oxygen atoms in total. The maximum atomic E-state index is 11.6. The first-order valence-electron chi connectivity index (χ1n) is 5.94. The van der Waals surface area contributed by atoms with Gasteiger partial charge in [0.1, 0.15) is 12.4 Å². The van der Waals surface area contributed by atoms with E-state index < -0.39 is 0 Å². The summed E-state index contributed by atoms with van der Waals surface area (Å²) in [4.78, 5) is 11.6. The second-order valence-corrected chi connectivity index (χ2v) is 5.66. The highest BCUT2D eigenvalue weighted by atomic mass is 79.9. The summed E-state index contributed by atoms with van der Waals surface area (Å²) in [6, 6.07) is 10.6. The Balaban J connectivity index is 2.20. The molecule has 2 N–H and O–H groups in total. The molecule has 0 aliphatic heterocycles. The van der Waals surface area contributed by atoms with Gasteiger partial charge in [0, 0.05) is 20.7 Å². The fraction of sp³-hybridized carbons (Fsp3) is 0.133. The maximum Gasteiger partial charge on any atom is 0.163 e. The van der Waals surface area contributed by atoms with Crippen LogP contribution in [0.3, 0.4) is 0 Å². The Kier molecular flexibility index (Phi) is 4.68. The third-order valence-electron chi connectivity index (χ3n) is 2.78. The summed E-state index contributed by atoms with van der Waals surface area (Å²) in [6.07, 6.45) is 0. The van der Waals surface area contributed by atoms with Crippen LogP contribution in [0.1, 0.15) is 22.8 Å². The fourth-order valence-electron chi connectivity index (χ4n) is 1.74. The van der Waals surface area contributed by atoms with Gasteiger partial charge in [-0.1, -0.05) is 33.6 Å². The number of rotatable bonds is 4.